The highest BCUT2D eigenvalue weighted by atomic mass is 16.3. The number of hydrogen-bond acceptors (Lipinski definition) is 8. The van der Waals surface area contributed by atoms with E-state index in [2.05, 4.69) is 0 Å². The molecule has 8 nitrogen and oxygen atoms in total. The quantitative estimate of drug-likeness (QED) is 0.127. The smallest absolute Gasteiger partial charge is 0.234 e. The molecule has 0 aliphatic heterocycles. The van der Waals surface area contributed by atoms with Crippen LogP contribution in [0.3, 0.4) is 0 Å². The second-order valence-electron chi connectivity index (χ2n) is 8.26. The molecule has 0 heterocycles. The molecule has 36 heavy (non-hydrogen) atoms. The zero-order valence-corrected chi connectivity index (χ0v) is 18.8. The third kappa shape index (κ3) is 4.92. The van der Waals surface area contributed by atoms with E-state index in [1.807, 2.05) is 0 Å². The number of hydrogen-bond donors (Lipinski definition) is 6. The average molecular weight is 486 g/mol. The minimum absolute atomic E-state index is 0.00963. The molecule has 182 valence electrons. The van der Waals surface area contributed by atoms with Crippen LogP contribution in [0, 0.1) is 0 Å². The molecule has 0 amide bonds. The van der Waals surface area contributed by atoms with E-state index in [1.165, 1.54) is 48.5 Å². The number of phenolic OH excluding ortho intramolecular Hbond substituents is 6. The number of aromatic hydroxyl groups is 6. The Bertz CT molecular complexity index is 1490. The van der Waals surface area contributed by atoms with E-state index in [0.29, 0.717) is 29.5 Å². The van der Waals surface area contributed by atoms with E-state index >= 15 is 0 Å². The van der Waals surface area contributed by atoms with Crippen molar-refractivity contribution in [2.24, 2.45) is 0 Å². The van der Waals surface area contributed by atoms with Gasteiger partial charge in [0, 0.05) is 11.1 Å². The minimum atomic E-state index is -0.947. The largest absolute Gasteiger partial charge is 0.508 e. The van der Waals surface area contributed by atoms with Crippen molar-refractivity contribution in [1.29, 1.82) is 0 Å². The SMILES string of the molecule is O=C(C(=O)c1cc(O)ccc1-c1ccc(O)cc1CCc1ccc(O)c(O)c1)c1ccc(O)c(O)c1. The van der Waals surface area contributed by atoms with Gasteiger partial charge >= 0.3 is 0 Å². The standard InChI is InChI=1S/C28H22O8/c29-18-5-7-20(16(12-18)3-1-15-2-9-23(31)25(33)11-15)21-8-6-19(30)14-22(21)28(36)27(35)17-4-10-24(32)26(34)13-17/h2,4-14,29-34H,1,3H2. The number of ketones is 2. The third-order valence-corrected chi connectivity index (χ3v) is 5.79. The first-order chi connectivity index (χ1) is 17.1. The molecule has 4 aromatic carbocycles. The Kier molecular flexibility index (Phi) is 6.52. The first-order valence-corrected chi connectivity index (χ1v) is 10.9. The number of carbonyl (C=O) groups is 2. The molecule has 0 spiro atoms. The molecule has 0 bridgehead atoms. The van der Waals surface area contributed by atoms with E-state index in [1.54, 1.807) is 12.1 Å². The predicted molar refractivity (Wildman–Crippen MR) is 131 cm³/mol. The molecular formula is C28H22O8. The monoisotopic (exact) mass is 486 g/mol. The number of phenols is 6. The summed E-state index contributed by atoms with van der Waals surface area (Å²) in [6.07, 6.45) is 0.805. The van der Waals surface area contributed by atoms with Crippen LogP contribution in [0.15, 0.2) is 72.8 Å². The lowest BCUT2D eigenvalue weighted by atomic mass is 9.89. The molecule has 8 heteroatoms. The van der Waals surface area contributed by atoms with Crippen LogP contribution in [-0.2, 0) is 12.8 Å². The molecule has 0 fully saturated rings. The van der Waals surface area contributed by atoms with Crippen LogP contribution in [0.5, 0.6) is 34.5 Å². The summed E-state index contributed by atoms with van der Waals surface area (Å²) >= 11 is 0. The Morgan fingerprint density at radius 1 is 0.528 bits per heavy atom. The second kappa shape index (κ2) is 9.71. The van der Waals surface area contributed by atoms with Gasteiger partial charge in [-0.2, -0.15) is 0 Å². The zero-order chi connectivity index (χ0) is 26.0. The highest BCUT2D eigenvalue weighted by Gasteiger charge is 2.24. The fraction of sp³-hybridized carbons (Fsp3) is 0.0714. The summed E-state index contributed by atoms with van der Waals surface area (Å²) in [6.45, 7) is 0. The van der Waals surface area contributed by atoms with Gasteiger partial charge in [-0.05, 0) is 95.8 Å². The maximum Gasteiger partial charge on any atom is 0.234 e. The molecule has 0 atom stereocenters. The molecule has 0 aromatic heterocycles. The molecule has 0 saturated heterocycles. The van der Waals surface area contributed by atoms with Crippen LogP contribution in [0.4, 0.5) is 0 Å². The van der Waals surface area contributed by atoms with Crippen molar-refractivity contribution in [3.63, 3.8) is 0 Å². The Labute approximate surface area is 205 Å². The first kappa shape index (κ1) is 24.2. The summed E-state index contributed by atoms with van der Waals surface area (Å²) in [4.78, 5) is 26.1. The van der Waals surface area contributed by atoms with E-state index in [9.17, 15) is 40.2 Å². The highest BCUT2D eigenvalue weighted by Crippen LogP contribution is 2.34. The van der Waals surface area contributed by atoms with Crippen LogP contribution in [0.1, 0.15) is 31.8 Å². The molecule has 0 saturated carbocycles. The van der Waals surface area contributed by atoms with E-state index in [-0.39, 0.29) is 34.1 Å². The lowest BCUT2D eigenvalue weighted by Crippen LogP contribution is -2.15. The molecule has 0 aliphatic rings. The number of Topliss-reactive ketones (excluding diaryl/α,β-unsaturated/α-hetero) is 2. The number of aryl methyl sites for hydroxylation is 2. The molecule has 0 aliphatic carbocycles. The Morgan fingerprint density at radius 2 is 1.14 bits per heavy atom. The summed E-state index contributed by atoms with van der Waals surface area (Å²) in [5.41, 5.74) is 2.03. The van der Waals surface area contributed by atoms with Crippen molar-refractivity contribution in [3.8, 4) is 45.6 Å². The topological polar surface area (TPSA) is 156 Å². The minimum Gasteiger partial charge on any atom is -0.508 e. The molecule has 6 N–H and O–H groups in total. The van der Waals surface area contributed by atoms with Gasteiger partial charge in [-0.3, -0.25) is 9.59 Å². The van der Waals surface area contributed by atoms with Crippen molar-refractivity contribution >= 4 is 11.6 Å². The van der Waals surface area contributed by atoms with Gasteiger partial charge in [-0.25, -0.2) is 0 Å². The lowest BCUT2D eigenvalue weighted by Gasteiger charge is -2.15. The number of carbonyl (C=O) groups excluding carboxylic acids is 2. The molecule has 0 radical (unpaired) electrons. The molecule has 4 aromatic rings. The van der Waals surface area contributed by atoms with E-state index in [0.717, 1.165) is 17.7 Å². The van der Waals surface area contributed by atoms with Crippen LogP contribution >= 0.6 is 0 Å². The molecular weight excluding hydrogens is 464 g/mol. The lowest BCUT2D eigenvalue weighted by molar-refractivity contribution is 0.0817. The van der Waals surface area contributed by atoms with Crippen molar-refractivity contribution in [3.05, 3.63) is 95.1 Å². The van der Waals surface area contributed by atoms with Crippen LogP contribution in [-0.4, -0.2) is 42.2 Å². The van der Waals surface area contributed by atoms with Gasteiger partial charge in [-0.15, -0.1) is 0 Å². The third-order valence-electron chi connectivity index (χ3n) is 5.79. The first-order valence-electron chi connectivity index (χ1n) is 10.9. The van der Waals surface area contributed by atoms with Gasteiger partial charge in [0.15, 0.2) is 23.0 Å². The van der Waals surface area contributed by atoms with Gasteiger partial charge in [0.25, 0.3) is 0 Å². The summed E-state index contributed by atoms with van der Waals surface area (Å²) in [5.74, 6) is -3.61. The van der Waals surface area contributed by atoms with Crippen LogP contribution in [0.2, 0.25) is 0 Å². The maximum atomic E-state index is 13.2. The summed E-state index contributed by atoms with van der Waals surface area (Å²) in [7, 11) is 0. The van der Waals surface area contributed by atoms with Crippen molar-refractivity contribution in [2.45, 2.75) is 12.8 Å². The Hall–Kier alpha value is -4.98. The summed E-state index contributed by atoms with van der Waals surface area (Å²) in [6, 6.07) is 16.3. The maximum absolute atomic E-state index is 13.2. The van der Waals surface area contributed by atoms with Crippen molar-refractivity contribution in [2.75, 3.05) is 0 Å². The number of rotatable bonds is 7. The van der Waals surface area contributed by atoms with E-state index in [4.69, 9.17) is 0 Å². The normalized spacial score (nSPS) is 10.8. The molecule has 0 unspecified atom stereocenters. The van der Waals surface area contributed by atoms with Gasteiger partial charge in [0.2, 0.25) is 11.6 Å². The van der Waals surface area contributed by atoms with Gasteiger partial charge in [-0.1, -0.05) is 12.1 Å². The average Bonchev–Trinajstić information content (AvgIpc) is 2.86. The fourth-order valence-corrected chi connectivity index (χ4v) is 3.93. The van der Waals surface area contributed by atoms with Gasteiger partial charge in [0.05, 0.1) is 0 Å². The Morgan fingerprint density at radius 3 is 1.81 bits per heavy atom. The summed E-state index contributed by atoms with van der Waals surface area (Å²) in [5, 5.41) is 58.7. The zero-order valence-electron chi connectivity index (χ0n) is 18.8. The fourth-order valence-electron chi connectivity index (χ4n) is 3.93. The predicted octanol–water partition coefficient (Wildman–Crippen LogP) is 4.44. The van der Waals surface area contributed by atoms with Crippen LogP contribution < -0.4 is 0 Å². The second-order valence-corrected chi connectivity index (χ2v) is 8.26. The van der Waals surface area contributed by atoms with E-state index < -0.39 is 23.1 Å². The molecule has 4 rings (SSSR count). The number of benzene rings is 4. The van der Waals surface area contributed by atoms with Gasteiger partial charge in [0.1, 0.15) is 11.5 Å². The summed E-state index contributed by atoms with van der Waals surface area (Å²) < 4.78 is 0. The Balaban J connectivity index is 1.73. The van der Waals surface area contributed by atoms with Crippen LogP contribution in [0.25, 0.3) is 11.1 Å². The van der Waals surface area contributed by atoms with Crippen molar-refractivity contribution in [1.82, 2.24) is 0 Å². The van der Waals surface area contributed by atoms with Crippen molar-refractivity contribution < 1.29 is 40.2 Å². The van der Waals surface area contributed by atoms with Gasteiger partial charge < -0.3 is 30.6 Å². The highest BCUT2D eigenvalue weighted by molar-refractivity contribution is 6.50.